The van der Waals surface area contributed by atoms with Crippen molar-refractivity contribution in [2.24, 2.45) is 0 Å². The van der Waals surface area contributed by atoms with Crippen LogP contribution < -0.4 is 15.1 Å². The number of nitrogens with one attached hydrogen (secondary N) is 1. The first kappa shape index (κ1) is 16.1. The largest absolute Gasteiger partial charge is 0.338 e. The standard InChI is InChI=1S/C16H20N6O2/c1-12-14(22(23)24)15(20(2)13-6-4-3-5-7-13)19-16(18-12)21-10-8-17-9-11-21/h3-7,17H,8-11H2,1-2H3. The van der Waals surface area contributed by atoms with E-state index in [0.29, 0.717) is 17.5 Å². The first-order chi connectivity index (χ1) is 11.6. The summed E-state index contributed by atoms with van der Waals surface area (Å²) in [4.78, 5) is 23.8. The Kier molecular flexibility index (Phi) is 4.57. The van der Waals surface area contributed by atoms with Crippen LogP contribution in [-0.2, 0) is 0 Å². The van der Waals surface area contributed by atoms with Crippen LogP contribution in [0.4, 0.5) is 23.1 Å². The monoisotopic (exact) mass is 328 g/mol. The smallest absolute Gasteiger partial charge is 0.333 e. The Balaban J connectivity index is 2.07. The lowest BCUT2D eigenvalue weighted by Crippen LogP contribution is -2.44. The zero-order valence-corrected chi connectivity index (χ0v) is 13.8. The van der Waals surface area contributed by atoms with E-state index < -0.39 is 4.92 Å². The van der Waals surface area contributed by atoms with Crippen LogP contribution in [0.15, 0.2) is 30.3 Å². The molecule has 1 aromatic carbocycles. The maximum atomic E-state index is 11.5. The van der Waals surface area contributed by atoms with Gasteiger partial charge in [0.1, 0.15) is 5.69 Å². The highest BCUT2D eigenvalue weighted by atomic mass is 16.6. The number of hydrogen-bond donors (Lipinski definition) is 1. The number of nitrogens with zero attached hydrogens (tertiary/aromatic N) is 5. The van der Waals surface area contributed by atoms with Crippen LogP contribution in [0.1, 0.15) is 5.69 Å². The number of hydrogen-bond acceptors (Lipinski definition) is 7. The molecule has 2 heterocycles. The summed E-state index contributed by atoms with van der Waals surface area (Å²) in [6.07, 6.45) is 0. The molecule has 8 nitrogen and oxygen atoms in total. The first-order valence-corrected chi connectivity index (χ1v) is 7.85. The van der Waals surface area contributed by atoms with Crippen molar-refractivity contribution < 1.29 is 4.92 Å². The Morgan fingerprint density at radius 1 is 1.21 bits per heavy atom. The summed E-state index contributed by atoms with van der Waals surface area (Å²) in [6.45, 7) is 4.93. The highest BCUT2D eigenvalue weighted by molar-refractivity contribution is 5.70. The molecule has 8 heteroatoms. The van der Waals surface area contributed by atoms with Crippen LogP contribution in [0.2, 0.25) is 0 Å². The third-order valence-electron chi connectivity index (χ3n) is 4.07. The van der Waals surface area contributed by atoms with Crippen molar-refractivity contribution in [1.82, 2.24) is 15.3 Å². The number of nitro groups is 1. The van der Waals surface area contributed by atoms with Gasteiger partial charge in [0.15, 0.2) is 0 Å². The summed E-state index contributed by atoms with van der Waals surface area (Å²) >= 11 is 0. The fourth-order valence-electron chi connectivity index (χ4n) is 2.77. The van der Waals surface area contributed by atoms with Gasteiger partial charge >= 0.3 is 5.69 Å². The molecule has 0 atom stereocenters. The molecule has 3 rings (SSSR count). The van der Waals surface area contributed by atoms with Crippen molar-refractivity contribution >= 4 is 23.1 Å². The Morgan fingerprint density at radius 2 is 1.88 bits per heavy atom. The van der Waals surface area contributed by atoms with Crippen LogP contribution in [0.3, 0.4) is 0 Å². The van der Waals surface area contributed by atoms with Gasteiger partial charge in [0.05, 0.1) is 4.92 Å². The summed E-state index contributed by atoms with van der Waals surface area (Å²) in [6, 6.07) is 9.48. The average molecular weight is 328 g/mol. The summed E-state index contributed by atoms with van der Waals surface area (Å²) in [5.74, 6) is 0.851. The normalized spacial score (nSPS) is 14.5. The van der Waals surface area contributed by atoms with E-state index in [0.717, 1.165) is 31.9 Å². The van der Waals surface area contributed by atoms with Crippen molar-refractivity contribution in [3.8, 4) is 0 Å². The van der Waals surface area contributed by atoms with Crippen LogP contribution in [0.5, 0.6) is 0 Å². The Labute approximate surface area is 140 Å². The van der Waals surface area contributed by atoms with Gasteiger partial charge in [-0.05, 0) is 19.1 Å². The second-order valence-corrected chi connectivity index (χ2v) is 5.67. The summed E-state index contributed by atoms with van der Waals surface area (Å²) in [5, 5.41) is 14.8. The maximum absolute atomic E-state index is 11.5. The second kappa shape index (κ2) is 6.79. The Hall–Kier alpha value is -2.74. The lowest BCUT2D eigenvalue weighted by Gasteiger charge is -2.28. The predicted molar refractivity (Wildman–Crippen MR) is 93.0 cm³/mol. The van der Waals surface area contributed by atoms with Crippen molar-refractivity contribution in [2.45, 2.75) is 6.92 Å². The van der Waals surface area contributed by atoms with Crippen molar-refractivity contribution in [1.29, 1.82) is 0 Å². The summed E-state index contributed by atoms with van der Waals surface area (Å²) in [7, 11) is 1.78. The molecule has 0 amide bonds. The topological polar surface area (TPSA) is 87.4 Å². The molecule has 1 aromatic heterocycles. The van der Waals surface area contributed by atoms with Gasteiger partial charge in [-0.15, -0.1) is 0 Å². The highest BCUT2D eigenvalue weighted by Crippen LogP contribution is 2.33. The Morgan fingerprint density at radius 3 is 2.50 bits per heavy atom. The zero-order chi connectivity index (χ0) is 17.1. The molecule has 1 aliphatic rings. The molecule has 0 unspecified atom stereocenters. The van der Waals surface area contributed by atoms with Gasteiger partial charge in [-0.3, -0.25) is 10.1 Å². The van der Waals surface area contributed by atoms with Crippen LogP contribution in [0.25, 0.3) is 0 Å². The molecule has 0 spiro atoms. The van der Waals surface area contributed by atoms with E-state index in [1.165, 1.54) is 0 Å². The zero-order valence-electron chi connectivity index (χ0n) is 13.8. The molecule has 1 N–H and O–H groups in total. The number of para-hydroxylation sites is 1. The van der Waals surface area contributed by atoms with Crippen molar-refractivity contribution in [3.05, 3.63) is 46.1 Å². The quantitative estimate of drug-likeness (QED) is 0.677. The van der Waals surface area contributed by atoms with Gasteiger partial charge in [-0.1, -0.05) is 18.2 Å². The van der Waals surface area contributed by atoms with E-state index in [1.807, 2.05) is 30.3 Å². The van der Waals surface area contributed by atoms with Gasteiger partial charge in [-0.25, -0.2) is 4.98 Å². The number of rotatable bonds is 4. The predicted octanol–water partition coefficient (Wildman–Crippen LogP) is 1.87. The van der Waals surface area contributed by atoms with E-state index in [1.54, 1.807) is 18.9 Å². The van der Waals surface area contributed by atoms with Crippen molar-refractivity contribution in [2.75, 3.05) is 43.0 Å². The van der Waals surface area contributed by atoms with Gasteiger partial charge in [0, 0.05) is 38.9 Å². The second-order valence-electron chi connectivity index (χ2n) is 5.67. The number of piperazine rings is 1. The molecule has 0 saturated carbocycles. The van der Waals surface area contributed by atoms with Gasteiger partial charge in [0.25, 0.3) is 0 Å². The van der Waals surface area contributed by atoms with Gasteiger partial charge in [-0.2, -0.15) is 4.98 Å². The number of anilines is 3. The van der Waals surface area contributed by atoms with Crippen LogP contribution in [-0.4, -0.2) is 48.1 Å². The minimum absolute atomic E-state index is 0.0553. The molecule has 24 heavy (non-hydrogen) atoms. The SMILES string of the molecule is Cc1nc(N2CCNCC2)nc(N(C)c2ccccc2)c1[N+](=O)[O-]. The number of benzene rings is 1. The summed E-state index contributed by atoms with van der Waals surface area (Å²) < 4.78 is 0. The molecule has 126 valence electrons. The highest BCUT2D eigenvalue weighted by Gasteiger charge is 2.27. The fourth-order valence-corrected chi connectivity index (χ4v) is 2.77. The number of aryl methyl sites for hydroxylation is 1. The van der Waals surface area contributed by atoms with E-state index in [-0.39, 0.29) is 5.69 Å². The van der Waals surface area contributed by atoms with Gasteiger partial charge < -0.3 is 15.1 Å². The molecule has 1 aliphatic heterocycles. The molecule has 0 bridgehead atoms. The molecule has 1 saturated heterocycles. The number of aromatic nitrogens is 2. The van der Waals surface area contributed by atoms with E-state index in [9.17, 15) is 10.1 Å². The Bertz CT molecular complexity index is 731. The third-order valence-corrected chi connectivity index (χ3v) is 4.07. The molecule has 1 fully saturated rings. The molecule has 0 aliphatic carbocycles. The summed E-state index contributed by atoms with van der Waals surface area (Å²) in [5.41, 5.74) is 1.16. The third kappa shape index (κ3) is 3.13. The minimum Gasteiger partial charge on any atom is -0.338 e. The molecule has 0 radical (unpaired) electrons. The van der Waals surface area contributed by atoms with Crippen LogP contribution in [0, 0.1) is 17.0 Å². The van der Waals surface area contributed by atoms with Crippen molar-refractivity contribution in [3.63, 3.8) is 0 Å². The first-order valence-electron chi connectivity index (χ1n) is 7.85. The average Bonchev–Trinajstić information content (AvgIpc) is 2.61. The van der Waals surface area contributed by atoms with E-state index in [2.05, 4.69) is 20.2 Å². The van der Waals surface area contributed by atoms with Gasteiger partial charge in [0.2, 0.25) is 11.8 Å². The maximum Gasteiger partial charge on any atom is 0.333 e. The van der Waals surface area contributed by atoms with E-state index >= 15 is 0 Å². The molecular formula is C16H20N6O2. The van der Waals surface area contributed by atoms with Crippen LogP contribution >= 0.6 is 0 Å². The molecule has 2 aromatic rings. The lowest BCUT2D eigenvalue weighted by atomic mass is 10.2. The lowest BCUT2D eigenvalue weighted by molar-refractivity contribution is -0.385. The fraction of sp³-hybridized carbons (Fsp3) is 0.375. The van der Waals surface area contributed by atoms with E-state index in [4.69, 9.17) is 0 Å². The minimum atomic E-state index is -0.411. The molecular weight excluding hydrogens is 308 g/mol.